The van der Waals surface area contributed by atoms with Gasteiger partial charge in [0.15, 0.2) is 6.29 Å². The number of rotatable bonds is 5. The van der Waals surface area contributed by atoms with Gasteiger partial charge >= 0.3 is 6.03 Å². The highest BCUT2D eigenvalue weighted by Crippen LogP contribution is 2.11. The Balaban J connectivity index is 2.69. The molecule has 0 fully saturated rings. The molecule has 8 heteroatoms. The highest BCUT2D eigenvalue weighted by Gasteiger charge is 2.22. The van der Waals surface area contributed by atoms with E-state index in [0.717, 1.165) is 18.2 Å². The summed E-state index contributed by atoms with van der Waals surface area (Å²) in [5, 5.41) is 4.19. The average molecular weight is 302 g/mol. The third-order valence-corrected chi connectivity index (χ3v) is 2.65. The molecule has 0 heterocycles. The molecule has 116 valence electrons. The third kappa shape index (κ3) is 4.47. The molecule has 3 amide bonds. The molecule has 0 saturated heterocycles. The predicted octanol–water partition coefficient (Wildman–Crippen LogP) is 1.41. The lowest BCUT2D eigenvalue weighted by Crippen LogP contribution is -2.49. The van der Waals surface area contributed by atoms with Crippen molar-refractivity contribution in [2.45, 2.75) is 19.3 Å². The molecule has 0 aliphatic carbocycles. The van der Waals surface area contributed by atoms with E-state index in [-0.39, 0.29) is 0 Å². The smallest absolute Gasteiger partial charge is 0.322 e. The van der Waals surface area contributed by atoms with Crippen LogP contribution in [0.1, 0.15) is 17.3 Å². The van der Waals surface area contributed by atoms with Crippen molar-refractivity contribution in [1.82, 2.24) is 10.6 Å². The Kier molecular flexibility index (Phi) is 6.19. The van der Waals surface area contributed by atoms with Gasteiger partial charge in [0.25, 0.3) is 5.91 Å². The summed E-state index contributed by atoms with van der Waals surface area (Å²) in [4.78, 5) is 23.3. The zero-order valence-corrected chi connectivity index (χ0v) is 11.8. The summed E-state index contributed by atoms with van der Waals surface area (Å²) >= 11 is 0. The van der Waals surface area contributed by atoms with E-state index in [1.807, 2.05) is 5.32 Å². The largest absolute Gasteiger partial charge is 0.354 e. The monoisotopic (exact) mass is 302 g/mol. The van der Waals surface area contributed by atoms with Crippen molar-refractivity contribution in [1.29, 1.82) is 0 Å². The van der Waals surface area contributed by atoms with Crippen LogP contribution in [0.2, 0.25) is 0 Å². The highest BCUT2D eigenvalue weighted by atomic mass is 19.1. The van der Waals surface area contributed by atoms with Gasteiger partial charge in [0.2, 0.25) is 0 Å². The van der Waals surface area contributed by atoms with E-state index in [2.05, 4.69) is 5.32 Å². The van der Waals surface area contributed by atoms with E-state index in [0.29, 0.717) is 0 Å². The number of nitrogens with one attached hydrogen (secondary N) is 2. The van der Waals surface area contributed by atoms with Crippen LogP contribution in [0.3, 0.4) is 0 Å². The van der Waals surface area contributed by atoms with Crippen LogP contribution < -0.4 is 10.6 Å². The lowest BCUT2D eigenvalue weighted by molar-refractivity contribution is -0.117. The lowest BCUT2D eigenvalue weighted by atomic mass is 10.2. The first-order valence-corrected chi connectivity index (χ1v) is 6.02. The minimum absolute atomic E-state index is 0.585. The highest BCUT2D eigenvalue weighted by molar-refractivity contribution is 6.04. The Morgan fingerprint density at radius 2 is 1.67 bits per heavy atom. The number of carbonyl (C=O) groups is 2. The molecule has 0 aliphatic heterocycles. The number of halogens is 2. The van der Waals surface area contributed by atoms with Crippen molar-refractivity contribution in [3.05, 3.63) is 35.4 Å². The topological polar surface area (TPSA) is 76.7 Å². The summed E-state index contributed by atoms with van der Waals surface area (Å²) in [6.45, 7) is 1.57. The van der Waals surface area contributed by atoms with Crippen LogP contribution in [0.4, 0.5) is 13.6 Å². The van der Waals surface area contributed by atoms with Gasteiger partial charge in [0.05, 0.1) is 6.04 Å². The second-order valence-electron chi connectivity index (χ2n) is 4.15. The fourth-order valence-electron chi connectivity index (χ4n) is 1.70. The molecule has 0 aliphatic rings. The van der Waals surface area contributed by atoms with Crippen molar-refractivity contribution in [2.24, 2.45) is 0 Å². The molecule has 1 rings (SSSR count). The molecule has 0 aromatic heterocycles. The number of hydrogen-bond donors (Lipinski definition) is 2. The third-order valence-electron chi connectivity index (χ3n) is 2.65. The Hall–Kier alpha value is -2.06. The standard InChI is InChI=1S/C13H16F2N2O4/c1-7(12(20-2)21-3)16-13(19)17-11(18)10-8(14)5-4-6-9(10)15/h4-7,12H,1-3H3,(H2,16,17,18,19). The zero-order chi connectivity index (χ0) is 16.0. The van der Waals surface area contributed by atoms with Gasteiger partial charge in [-0.3, -0.25) is 10.1 Å². The molecule has 1 aromatic carbocycles. The van der Waals surface area contributed by atoms with Gasteiger partial charge in [0, 0.05) is 14.2 Å². The number of ether oxygens (including phenoxy) is 2. The molecule has 6 nitrogen and oxygen atoms in total. The molecule has 0 radical (unpaired) electrons. The fourth-order valence-corrected chi connectivity index (χ4v) is 1.70. The molecule has 1 aromatic rings. The SMILES string of the molecule is COC(OC)C(C)NC(=O)NC(=O)c1c(F)cccc1F. The second kappa shape index (κ2) is 7.65. The van der Waals surface area contributed by atoms with Crippen molar-refractivity contribution in [3.8, 4) is 0 Å². The molecular weight excluding hydrogens is 286 g/mol. The minimum atomic E-state index is -1.18. The Labute approximate surface area is 120 Å². The summed E-state index contributed by atoms with van der Waals surface area (Å²) in [7, 11) is 2.76. The number of hydrogen-bond acceptors (Lipinski definition) is 4. The van der Waals surface area contributed by atoms with Crippen LogP contribution in [0.15, 0.2) is 18.2 Å². The second-order valence-corrected chi connectivity index (χ2v) is 4.15. The summed E-state index contributed by atoms with van der Waals surface area (Å²) in [5.74, 6) is -3.29. The van der Waals surface area contributed by atoms with E-state index in [4.69, 9.17) is 9.47 Å². The van der Waals surface area contributed by atoms with Crippen LogP contribution in [0.5, 0.6) is 0 Å². The van der Waals surface area contributed by atoms with Gasteiger partial charge < -0.3 is 14.8 Å². The first-order valence-electron chi connectivity index (χ1n) is 6.02. The van der Waals surface area contributed by atoms with E-state index in [1.54, 1.807) is 6.92 Å². The van der Waals surface area contributed by atoms with Crippen LogP contribution in [0, 0.1) is 11.6 Å². The van der Waals surface area contributed by atoms with Crippen LogP contribution >= 0.6 is 0 Å². The Morgan fingerprint density at radius 3 is 2.14 bits per heavy atom. The number of carbonyl (C=O) groups excluding carboxylic acids is 2. The van der Waals surface area contributed by atoms with Gasteiger partial charge in [0.1, 0.15) is 17.2 Å². The predicted molar refractivity (Wildman–Crippen MR) is 69.6 cm³/mol. The van der Waals surface area contributed by atoms with Crippen LogP contribution in [0.25, 0.3) is 0 Å². The number of urea groups is 1. The molecule has 21 heavy (non-hydrogen) atoms. The van der Waals surface area contributed by atoms with E-state index in [9.17, 15) is 18.4 Å². The number of imide groups is 1. The van der Waals surface area contributed by atoms with E-state index >= 15 is 0 Å². The van der Waals surface area contributed by atoms with Gasteiger partial charge in [-0.05, 0) is 19.1 Å². The van der Waals surface area contributed by atoms with Crippen molar-refractivity contribution in [3.63, 3.8) is 0 Å². The molecule has 1 atom stereocenters. The average Bonchev–Trinajstić information content (AvgIpc) is 2.39. The first-order chi connectivity index (χ1) is 9.90. The molecule has 0 bridgehead atoms. The zero-order valence-electron chi connectivity index (χ0n) is 11.8. The maximum Gasteiger partial charge on any atom is 0.322 e. The van der Waals surface area contributed by atoms with Gasteiger partial charge in [-0.1, -0.05) is 6.07 Å². The van der Waals surface area contributed by atoms with Crippen molar-refractivity contribution in [2.75, 3.05) is 14.2 Å². The normalized spacial score (nSPS) is 12.1. The molecule has 0 spiro atoms. The van der Waals surface area contributed by atoms with Crippen molar-refractivity contribution < 1.29 is 27.8 Å². The summed E-state index contributed by atoms with van der Waals surface area (Å²) < 4.78 is 36.6. The Morgan fingerprint density at radius 1 is 1.14 bits per heavy atom. The molecule has 0 saturated carbocycles. The number of methoxy groups -OCH3 is 2. The van der Waals surface area contributed by atoms with Crippen LogP contribution in [-0.2, 0) is 9.47 Å². The fraction of sp³-hybridized carbons (Fsp3) is 0.385. The number of benzene rings is 1. The summed E-state index contributed by atoms with van der Waals surface area (Å²) in [6.07, 6.45) is -0.726. The van der Waals surface area contributed by atoms with Crippen molar-refractivity contribution >= 4 is 11.9 Å². The number of amides is 3. The van der Waals surface area contributed by atoms with E-state index < -0.39 is 41.5 Å². The van der Waals surface area contributed by atoms with Gasteiger partial charge in [-0.15, -0.1) is 0 Å². The maximum absolute atomic E-state index is 13.4. The van der Waals surface area contributed by atoms with Gasteiger partial charge in [-0.2, -0.15) is 0 Å². The summed E-state index contributed by atoms with van der Waals surface area (Å²) in [5.41, 5.74) is -0.824. The maximum atomic E-state index is 13.4. The lowest BCUT2D eigenvalue weighted by Gasteiger charge is -2.22. The molecular formula is C13H16F2N2O4. The van der Waals surface area contributed by atoms with E-state index in [1.165, 1.54) is 14.2 Å². The Bertz CT molecular complexity index is 501. The van der Waals surface area contributed by atoms with Crippen LogP contribution in [-0.4, -0.2) is 38.5 Å². The molecule has 1 unspecified atom stereocenters. The minimum Gasteiger partial charge on any atom is -0.354 e. The quantitative estimate of drug-likeness (QED) is 0.806. The summed E-state index contributed by atoms with van der Waals surface area (Å²) in [6, 6.07) is 1.45. The first kappa shape index (κ1) is 17.0. The van der Waals surface area contributed by atoms with Gasteiger partial charge in [-0.25, -0.2) is 13.6 Å². The molecule has 2 N–H and O–H groups in total.